The molecule has 14 heavy (non-hydrogen) atoms. The second-order valence-corrected chi connectivity index (χ2v) is 4.53. The van der Waals surface area contributed by atoms with Crippen molar-refractivity contribution in [1.82, 2.24) is 0 Å². The molecule has 76 valence electrons. The van der Waals surface area contributed by atoms with E-state index >= 15 is 0 Å². The Kier molecular flexibility index (Phi) is 2.09. The number of halogens is 2. The van der Waals surface area contributed by atoms with Gasteiger partial charge in [-0.3, -0.25) is 0 Å². The zero-order valence-corrected chi connectivity index (χ0v) is 9.08. The summed E-state index contributed by atoms with van der Waals surface area (Å²) in [4.78, 5) is 0. The van der Waals surface area contributed by atoms with Gasteiger partial charge in [0.25, 0.3) is 0 Å². The van der Waals surface area contributed by atoms with Crippen molar-refractivity contribution in [3.63, 3.8) is 0 Å². The molecule has 3 heteroatoms. The van der Waals surface area contributed by atoms with E-state index in [-0.39, 0.29) is 11.4 Å². The lowest BCUT2D eigenvalue weighted by Crippen LogP contribution is -2.22. The summed E-state index contributed by atoms with van der Waals surface area (Å²) in [5.74, 6) is -0.257. The van der Waals surface area contributed by atoms with E-state index < -0.39 is 0 Å². The van der Waals surface area contributed by atoms with Crippen molar-refractivity contribution < 1.29 is 4.39 Å². The minimum atomic E-state index is -0.320. The quantitative estimate of drug-likeness (QED) is 0.763. The van der Waals surface area contributed by atoms with Crippen molar-refractivity contribution in [2.75, 3.05) is 0 Å². The van der Waals surface area contributed by atoms with Crippen LogP contribution in [0.2, 0.25) is 5.02 Å². The van der Waals surface area contributed by atoms with Gasteiger partial charge in [0.2, 0.25) is 0 Å². The summed E-state index contributed by atoms with van der Waals surface area (Å²) in [6.45, 7) is 3.66. The summed E-state index contributed by atoms with van der Waals surface area (Å²) >= 11 is 5.93. The number of benzene rings is 1. The summed E-state index contributed by atoms with van der Waals surface area (Å²) in [5, 5.41) is 0.472. The maximum absolute atomic E-state index is 13.4. The lowest BCUT2D eigenvalue weighted by atomic mass is 9.94. The third kappa shape index (κ3) is 1.33. The summed E-state index contributed by atoms with van der Waals surface area (Å²) in [7, 11) is 0. The zero-order chi connectivity index (χ0) is 10.5. The molecule has 0 aromatic heterocycles. The molecule has 0 aliphatic heterocycles. The van der Waals surface area contributed by atoms with E-state index in [9.17, 15) is 4.39 Å². The maximum atomic E-state index is 13.4. The minimum Gasteiger partial charge on any atom is -0.321 e. The Labute approximate surface area is 88.1 Å². The second kappa shape index (κ2) is 2.94. The third-order valence-electron chi connectivity index (χ3n) is 3.01. The van der Waals surface area contributed by atoms with Crippen molar-refractivity contribution in [3.8, 4) is 0 Å². The van der Waals surface area contributed by atoms with E-state index in [1.165, 1.54) is 6.07 Å². The van der Waals surface area contributed by atoms with Gasteiger partial charge >= 0.3 is 0 Å². The molecule has 0 atom stereocenters. The van der Waals surface area contributed by atoms with Gasteiger partial charge in [-0.25, -0.2) is 4.39 Å². The molecule has 0 spiro atoms. The van der Waals surface area contributed by atoms with E-state index in [2.05, 4.69) is 0 Å². The topological polar surface area (TPSA) is 26.0 Å². The van der Waals surface area contributed by atoms with Gasteiger partial charge in [-0.1, -0.05) is 11.6 Å². The monoisotopic (exact) mass is 213 g/mol. The van der Waals surface area contributed by atoms with Crippen LogP contribution in [0.3, 0.4) is 0 Å². The van der Waals surface area contributed by atoms with Crippen molar-refractivity contribution in [2.45, 2.75) is 32.2 Å². The van der Waals surface area contributed by atoms with E-state index in [0.717, 1.165) is 24.0 Å². The first-order valence-corrected chi connectivity index (χ1v) is 5.08. The van der Waals surface area contributed by atoms with Crippen LogP contribution < -0.4 is 5.73 Å². The average Bonchev–Trinajstić information content (AvgIpc) is 2.81. The largest absolute Gasteiger partial charge is 0.321 e. The molecular formula is C11H13ClFN. The van der Waals surface area contributed by atoms with Gasteiger partial charge in [0.1, 0.15) is 5.82 Å². The Morgan fingerprint density at radius 2 is 1.93 bits per heavy atom. The van der Waals surface area contributed by atoms with Gasteiger partial charge in [0, 0.05) is 10.6 Å². The Hall–Kier alpha value is -0.600. The van der Waals surface area contributed by atoms with Crippen LogP contribution in [-0.4, -0.2) is 0 Å². The van der Waals surface area contributed by atoms with Crippen LogP contribution in [0.15, 0.2) is 6.07 Å². The highest BCUT2D eigenvalue weighted by Gasteiger charge is 2.43. The van der Waals surface area contributed by atoms with Gasteiger partial charge < -0.3 is 5.73 Å². The highest BCUT2D eigenvalue weighted by atomic mass is 35.5. The fraction of sp³-hybridized carbons (Fsp3) is 0.455. The fourth-order valence-electron chi connectivity index (χ4n) is 1.98. The molecule has 1 aliphatic rings. The zero-order valence-electron chi connectivity index (χ0n) is 8.32. The molecule has 1 fully saturated rings. The maximum Gasteiger partial charge on any atom is 0.127 e. The molecule has 1 aromatic carbocycles. The van der Waals surface area contributed by atoms with Crippen LogP contribution in [0.1, 0.15) is 29.5 Å². The molecule has 0 radical (unpaired) electrons. The first kappa shape index (κ1) is 9.94. The lowest BCUT2D eigenvalue weighted by molar-refractivity contribution is 0.605. The van der Waals surface area contributed by atoms with E-state index in [4.69, 9.17) is 17.3 Å². The molecule has 1 aliphatic carbocycles. The Morgan fingerprint density at radius 1 is 1.36 bits per heavy atom. The fourth-order valence-corrected chi connectivity index (χ4v) is 2.17. The molecular weight excluding hydrogens is 201 g/mol. The second-order valence-electron chi connectivity index (χ2n) is 4.12. The molecule has 2 N–H and O–H groups in total. The molecule has 0 saturated heterocycles. The smallest absolute Gasteiger partial charge is 0.127 e. The van der Waals surface area contributed by atoms with Crippen molar-refractivity contribution >= 4 is 11.6 Å². The normalized spacial score (nSPS) is 18.4. The molecule has 1 saturated carbocycles. The Bertz CT molecular complexity index is 371. The molecule has 0 bridgehead atoms. The average molecular weight is 214 g/mol. The molecule has 0 heterocycles. The summed E-state index contributed by atoms with van der Waals surface area (Å²) in [6.07, 6.45) is 1.85. The summed E-state index contributed by atoms with van der Waals surface area (Å²) in [5.41, 5.74) is 8.23. The van der Waals surface area contributed by atoms with Crippen molar-refractivity contribution in [3.05, 3.63) is 33.6 Å². The van der Waals surface area contributed by atoms with Crippen LogP contribution in [0.5, 0.6) is 0 Å². The Morgan fingerprint density at radius 3 is 2.43 bits per heavy atom. The first-order valence-electron chi connectivity index (χ1n) is 4.70. The van der Waals surface area contributed by atoms with Crippen LogP contribution in [0.4, 0.5) is 4.39 Å². The molecule has 1 aromatic rings. The summed E-state index contributed by atoms with van der Waals surface area (Å²) < 4.78 is 13.4. The van der Waals surface area contributed by atoms with Crippen molar-refractivity contribution in [1.29, 1.82) is 0 Å². The van der Waals surface area contributed by atoms with E-state index in [0.29, 0.717) is 10.6 Å². The highest BCUT2D eigenvalue weighted by Crippen LogP contribution is 2.47. The van der Waals surface area contributed by atoms with Gasteiger partial charge in [-0.05, 0) is 49.4 Å². The van der Waals surface area contributed by atoms with Gasteiger partial charge in [0.15, 0.2) is 0 Å². The predicted molar refractivity (Wildman–Crippen MR) is 56.0 cm³/mol. The molecule has 2 rings (SSSR count). The third-order valence-corrected chi connectivity index (χ3v) is 3.40. The molecule has 1 nitrogen and oxygen atoms in total. The van der Waals surface area contributed by atoms with Crippen LogP contribution in [0, 0.1) is 19.7 Å². The number of rotatable bonds is 1. The highest BCUT2D eigenvalue weighted by molar-refractivity contribution is 6.31. The van der Waals surface area contributed by atoms with Gasteiger partial charge in [-0.15, -0.1) is 0 Å². The standard InChI is InChI=1S/C11H13ClFN/c1-6-8(12)5-9(13)7(2)10(6)11(14)3-4-11/h5H,3-4,14H2,1-2H3. The SMILES string of the molecule is Cc1c(F)cc(Cl)c(C)c1C1(N)CC1. The van der Waals surface area contributed by atoms with Gasteiger partial charge in [-0.2, -0.15) is 0 Å². The van der Waals surface area contributed by atoms with Crippen LogP contribution in [0.25, 0.3) is 0 Å². The number of hydrogen-bond donors (Lipinski definition) is 1. The van der Waals surface area contributed by atoms with E-state index in [1.54, 1.807) is 6.92 Å². The van der Waals surface area contributed by atoms with Crippen LogP contribution >= 0.6 is 11.6 Å². The predicted octanol–water partition coefficient (Wildman–Crippen LogP) is 3.04. The lowest BCUT2D eigenvalue weighted by Gasteiger charge is -2.17. The minimum absolute atomic E-state index is 0.257. The van der Waals surface area contributed by atoms with Crippen molar-refractivity contribution in [2.24, 2.45) is 5.73 Å². The number of hydrogen-bond acceptors (Lipinski definition) is 1. The van der Waals surface area contributed by atoms with Crippen LogP contribution in [-0.2, 0) is 5.54 Å². The van der Waals surface area contributed by atoms with E-state index in [1.807, 2.05) is 6.92 Å². The summed E-state index contributed by atoms with van der Waals surface area (Å²) in [6, 6.07) is 1.36. The number of nitrogens with two attached hydrogens (primary N) is 1. The Balaban J connectivity index is 2.68. The first-order chi connectivity index (χ1) is 6.46. The molecule has 0 unspecified atom stereocenters. The molecule has 0 amide bonds. The van der Waals surface area contributed by atoms with Gasteiger partial charge in [0.05, 0.1) is 0 Å².